The summed E-state index contributed by atoms with van der Waals surface area (Å²) in [4.78, 5) is 2.27. The molecule has 1 aliphatic heterocycles. The Morgan fingerprint density at radius 1 is 1.21 bits per heavy atom. The second-order valence-electron chi connectivity index (χ2n) is 6.11. The lowest BCUT2D eigenvalue weighted by molar-refractivity contribution is -0.153. The van der Waals surface area contributed by atoms with Gasteiger partial charge >= 0.3 is 0 Å². The second-order valence-corrected chi connectivity index (χ2v) is 6.11. The Balaban J connectivity index is 1.66. The summed E-state index contributed by atoms with van der Waals surface area (Å²) in [5.74, 6) is 0. The van der Waals surface area contributed by atoms with Crippen LogP contribution in [-0.4, -0.2) is 67.4 Å². The van der Waals surface area contributed by atoms with E-state index in [1.165, 1.54) is 5.56 Å². The third kappa shape index (κ3) is 3.67. The third-order valence-electron chi connectivity index (χ3n) is 4.59. The van der Waals surface area contributed by atoms with E-state index in [-0.39, 0.29) is 18.2 Å². The van der Waals surface area contributed by atoms with Crippen LogP contribution in [-0.2, 0) is 20.8 Å². The van der Waals surface area contributed by atoms with Gasteiger partial charge in [-0.05, 0) is 30.8 Å². The molecule has 0 N–H and O–H groups in total. The van der Waals surface area contributed by atoms with Gasteiger partial charge in [0.25, 0.3) is 0 Å². The normalized spacial score (nSPS) is 24.4. The molecule has 6 heteroatoms. The van der Waals surface area contributed by atoms with Crippen molar-refractivity contribution in [2.24, 2.45) is 0 Å². The number of ether oxygens (including phenoxy) is 3. The lowest BCUT2D eigenvalue weighted by Crippen LogP contribution is -2.56. The van der Waals surface area contributed by atoms with Gasteiger partial charge in [0.2, 0.25) is 0 Å². The molecular weight excluding hydrogens is 306 g/mol. The molecule has 130 valence electrons. The molecule has 1 aliphatic rings. The number of likely N-dealkylation sites (N-methyl/N-ethyl adjacent to an activating group) is 1. The summed E-state index contributed by atoms with van der Waals surface area (Å²) in [5, 5.41) is 4.25. The Hall–Kier alpha value is -1.73. The zero-order chi connectivity index (χ0) is 16.9. The highest BCUT2D eigenvalue weighted by Crippen LogP contribution is 2.20. The second kappa shape index (κ2) is 7.90. The van der Waals surface area contributed by atoms with Gasteiger partial charge in [-0.2, -0.15) is 5.10 Å². The molecule has 0 spiro atoms. The summed E-state index contributed by atoms with van der Waals surface area (Å²) < 4.78 is 18.7. The Morgan fingerprint density at radius 3 is 2.62 bits per heavy atom. The molecule has 0 aliphatic carbocycles. The third-order valence-corrected chi connectivity index (χ3v) is 4.59. The minimum atomic E-state index is -0.0293. The molecule has 1 saturated heterocycles. The first-order chi connectivity index (χ1) is 11.7. The Labute approximate surface area is 142 Å². The van der Waals surface area contributed by atoms with Gasteiger partial charge in [-0.3, -0.25) is 4.90 Å². The molecule has 0 bridgehead atoms. The molecule has 0 amide bonds. The number of aromatic nitrogens is 2. The van der Waals surface area contributed by atoms with E-state index in [1.807, 2.05) is 16.9 Å². The molecule has 0 saturated carbocycles. The van der Waals surface area contributed by atoms with Gasteiger partial charge in [0.1, 0.15) is 12.2 Å². The van der Waals surface area contributed by atoms with Gasteiger partial charge in [-0.1, -0.05) is 12.1 Å². The number of hydrogen-bond acceptors (Lipinski definition) is 5. The zero-order valence-electron chi connectivity index (χ0n) is 14.5. The smallest absolute Gasteiger partial charge is 0.108 e. The highest BCUT2D eigenvalue weighted by molar-refractivity contribution is 5.33. The van der Waals surface area contributed by atoms with E-state index in [0.29, 0.717) is 13.2 Å². The van der Waals surface area contributed by atoms with Crippen LogP contribution in [0.25, 0.3) is 5.69 Å². The first-order valence-corrected chi connectivity index (χ1v) is 8.15. The van der Waals surface area contributed by atoms with Crippen molar-refractivity contribution in [3.8, 4) is 5.69 Å². The van der Waals surface area contributed by atoms with E-state index in [2.05, 4.69) is 41.3 Å². The summed E-state index contributed by atoms with van der Waals surface area (Å²) in [5.41, 5.74) is 2.30. The van der Waals surface area contributed by atoms with Crippen molar-refractivity contribution in [2.45, 2.75) is 24.8 Å². The number of benzene rings is 1. The van der Waals surface area contributed by atoms with E-state index < -0.39 is 0 Å². The highest BCUT2D eigenvalue weighted by Gasteiger charge is 2.36. The zero-order valence-corrected chi connectivity index (χ0v) is 14.5. The summed E-state index contributed by atoms with van der Waals surface area (Å²) in [6.07, 6.45) is 3.70. The summed E-state index contributed by atoms with van der Waals surface area (Å²) in [7, 11) is 5.54. The van der Waals surface area contributed by atoms with E-state index in [9.17, 15) is 0 Å². The van der Waals surface area contributed by atoms with E-state index in [4.69, 9.17) is 14.2 Å². The Kier molecular flexibility index (Phi) is 5.63. The maximum atomic E-state index is 5.69. The lowest BCUT2D eigenvalue weighted by atomic mass is 10.0. The van der Waals surface area contributed by atoms with Crippen LogP contribution < -0.4 is 0 Å². The molecular formula is C18H25N3O3. The molecule has 2 aromatic rings. The molecule has 6 nitrogen and oxygen atoms in total. The number of hydrogen-bond donors (Lipinski definition) is 0. The van der Waals surface area contributed by atoms with Gasteiger partial charge < -0.3 is 14.2 Å². The van der Waals surface area contributed by atoms with E-state index in [0.717, 1.165) is 12.2 Å². The van der Waals surface area contributed by atoms with Crippen LogP contribution in [0.2, 0.25) is 0 Å². The number of methoxy groups -OCH3 is 2. The monoisotopic (exact) mass is 331 g/mol. The lowest BCUT2D eigenvalue weighted by Gasteiger charge is -2.40. The van der Waals surface area contributed by atoms with Crippen molar-refractivity contribution >= 4 is 0 Å². The molecule has 1 aromatic carbocycles. The van der Waals surface area contributed by atoms with Crippen LogP contribution in [0.15, 0.2) is 42.7 Å². The SMILES string of the molecule is CO[C@H]1[C@H](N(C)Cc2ccc(-n3cccn3)cc2)COC[C@H]1OC. The number of rotatable bonds is 6. The summed E-state index contributed by atoms with van der Waals surface area (Å²) in [6.45, 7) is 2.06. The van der Waals surface area contributed by atoms with Crippen LogP contribution in [0.3, 0.4) is 0 Å². The molecule has 3 rings (SSSR count). The molecule has 1 fully saturated rings. The number of nitrogens with zero attached hydrogens (tertiary/aromatic N) is 3. The quantitative estimate of drug-likeness (QED) is 0.807. The largest absolute Gasteiger partial charge is 0.377 e. The highest BCUT2D eigenvalue weighted by atomic mass is 16.6. The van der Waals surface area contributed by atoms with Crippen molar-refractivity contribution in [3.63, 3.8) is 0 Å². The van der Waals surface area contributed by atoms with Crippen LogP contribution in [0.1, 0.15) is 5.56 Å². The predicted molar refractivity (Wildman–Crippen MR) is 91.2 cm³/mol. The van der Waals surface area contributed by atoms with Crippen LogP contribution in [0, 0.1) is 0 Å². The van der Waals surface area contributed by atoms with Gasteiger partial charge in [0.05, 0.1) is 24.9 Å². The molecule has 24 heavy (non-hydrogen) atoms. The van der Waals surface area contributed by atoms with Gasteiger partial charge in [0.15, 0.2) is 0 Å². The molecule has 1 aromatic heterocycles. The van der Waals surface area contributed by atoms with Crippen LogP contribution in [0.4, 0.5) is 0 Å². The average Bonchev–Trinajstić information content (AvgIpc) is 3.16. The van der Waals surface area contributed by atoms with Crippen molar-refractivity contribution < 1.29 is 14.2 Å². The fourth-order valence-electron chi connectivity index (χ4n) is 3.21. The predicted octanol–water partition coefficient (Wildman–Crippen LogP) is 1.73. The topological polar surface area (TPSA) is 48.8 Å². The van der Waals surface area contributed by atoms with Gasteiger partial charge in [-0.15, -0.1) is 0 Å². The minimum Gasteiger partial charge on any atom is -0.377 e. The average molecular weight is 331 g/mol. The Bertz CT molecular complexity index is 615. The molecule has 0 radical (unpaired) electrons. The molecule has 0 unspecified atom stereocenters. The van der Waals surface area contributed by atoms with Crippen molar-refractivity contribution in [1.82, 2.24) is 14.7 Å². The van der Waals surface area contributed by atoms with Crippen molar-refractivity contribution in [1.29, 1.82) is 0 Å². The first-order valence-electron chi connectivity index (χ1n) is 8.15. The fraction of sp³-hybridized carbons (Fsp3) is 0.500. The van der Waals surface area contributed by atoms with Crippen molar-refractivity contribution in [3.05, 3.63) is 48.3 Å². The Morgan fingerprint density at radius 2 is 2.00 bits per heavy atom. The van der Waals surface area contributed by atoms with E-state index in [1.54, 1.807) is 20.4 Å². The van der Waals surface area contributed by atoms with Crippen LogP contribution in [0.5, 0.6) is 0 Å². The first kappa shape index (κ1) is 17.1. The maximum Gasteiger partial charge on any atom is 0.108 e. The minimum absolute atomic E-state index is 0.0112. The van der Waals surface area contributed by atoms with Crippen LogP contribution >= 0.6 is 0 Å². The molecule has 2 heterocycles. The van der Waals surface area contributed by atoms with Gasteiger partial charge in [-0.25, -0.2) is 4.68 Å². The fourth-order valence-corrected chi connectivity index (χ4v) is 3.21. The molecule has 3 atom stereocenters. The standard InChI is InChI=1S/C18H25N3O3/c1-20(16-12-24-13-17(22-2)18(16)23-3)11-14-5-7-15(8-6-14)21-10-4-9-19-21/h4-10,16-18H,11-13H2,1-3H3/t16-,17-,18+/m1/s1. The maximum absolute atomic E-state index is 5.69. The van der Waals surface area contributed by atoms with E-state index >= 15 is 0 Å². The van der Waals surface area contributed by atoms with Gasteiger partial charge in [0, 0.05) is 33.2 Å². The summed E-state index contributed by atoms with van der Waals surface area (Å²) in [6, 6.07) is 10.5. The summed E-state index contributed by atoms with van der Waals surface area (Å²) >= 11 is 0. The van der Waals surface area contributed by atoms with Crippen molar-refractivity contribution in [2.75, 3.05) is 34.5 Å².